The molecule has 1 aromatic carbocycles. The Balaban J connectivity index is 1.83. The first-order valence-corrected chi connectivity index (χ1v) is 14.7. The Bertz CT molecular complexity index is 992. The number of piperidine rings is 1. The lowest BCUT2D eigenvalue weighted by Gasteiger charge is -2.26. The highest BCUT2D eigenvalue weighted by Gasteiger charge is 2.19. The second kappa shape index (κ2) is 14.7. The zero-order valence-corrected chi connectivity index (χ0v) is 24.1. The molecule has 206 valence electrons. The standard InChI is InChI=1S/C31H50N4O2/c1-24(2)15-21-34(22-16-25(3)4)31(37)27-13-14-28-29(23-27)35(30(32-28)12-9-11-26(5)36)20-10-19-33-17-7-6-8-18-33/h13-14,23-25H,6-12,15-22H2,1-5H3. The number of rotatable bonds is 15. The number of nitrogens with zero attached hydrogens (tertiary/aromatic N) is 4. The quantitative estimate of drug-likeness (QED) is 0.280. The molecule has 0 N–H and O–H groups in total. The van der Waals surface area contributed by atoms with Crippen LogP contribution < -0.4 is 0 Å². The predicted octanol–water partition coefficient (Wildman–Crippen LogP) is 6.36. The average molecular weight is 511 g/mol. The molecule has 1 amide bonds. The zero-order chi connectivity index (χ0) is 26.8. The van der Waals surface area contributed by atoms with E-state index in [2.05, 4.69) is 43.2 Å². The fourth-order valence-corrected chi connectivity index (χ4v) is 5.20. The zero-order valence-electron chi connectivity index (χ0n) is 24.1. The Morgan fingerprint density at radius 3 is 2.24 bits per heavy atom. The van der Waals surface area contributed by atoms with Crippen LogP contribution >= 0.6 is 0 Å². The minimum absolute atomic E-state index is 0.127. The molecule has 0 unspecified atom stereocenters. The molecule has 0 spiro atoms. The van der Waals surface area contributed by atoms with E-state index >= 15 is 0 Å². The van der Waals surface area contributed by atoms with Crippen LogP contribution in [0.5, 0.6) is 0 Å². The lowest BCUT2D eigenvalue weighted by molar-refractivity contribution is -0.117. The van der Waals surface area contributed by atoms with Crippen LogP contribution in [0.3, 0.4) is 0 Å². The van der Waals surface area contributed by atoms with E-state index in [1.54, 1.807) is 6.92 Å². The van der Waals surface area contributed by atoms with Crippen molar-refractivity contribution in [3.8, 4) is 0 Å². The van der Waals surface area contributed by atoms with Crippen molar-refractivity contribution in [2.75, 3.05) is 32.7 Å². The molecule has 6 nitrogen and oxygen atoms in total. The van der Waals surface area contributed by atoms with Crippen LogP contribution in [0.15, 0.2) is 18.2 Å². The molecule has 0 atom stereocenters. The van der Waals surface area contributed by atoms with E-state index in [-0.39, 0.29) is 11.7 Å². The number of amides is 1. The average Bonchev–Trinajstić information content (AvgIpc) is 3.20. The fraction of sp³-hybridized carbons (Fsp3) is 0.710. The van der Waals surface area contributed by atoms with Gasteiger partial charge in [0.1, 0.15) is 11.6 Å². The van der Waals surface area contributed by atoms with Crippen LogP contribution in [0.4, 0.5) is 0 Å². The molecule has 2 heterocycles. The van der Waals surface area contributed by atoms with Crippen LogP contribution in [0.2, 0.25) is 0 Å². The lowest BCUT2D eigenvalue weighted by atomic mass is 10.1. The Labute approximate surface area is 224 Å². The van der Waals surface area contributed by atoms with Gasteiger partial charge in [-0.1, -0.05) is 34.1 Å². The molecule has 0 radical (unpaired) electrons. The van der Waals surface area contributed by atoms with E-state index in [9.17, 15) is 9.59 Å². The van der Waals surface area contributed by atoms with Crippen molar-refractivity contribution in [2.24, 2.45) is 11.8 Å². The van der Waals surface area contributed by atoms with Gasteiger partial charge >= 0.3 is 0 Å². The van der Waals surface area contributed by atoms with Crippen molar-refractivity contribution >= 4 is 22.7 Å². The number of likely N-dealkylation sites (tertiary alicyclic amines) is 1. The Hall–Kier alpha value is -2.21. The fourth-order valence-electron chi connectivity index (χ4n) is 5.20. The number of Topliss-reactive ketones (excluding diaryl/α,β-unsaturated/α-hetero) is 1. The maximum absolute atomic E-state index is 13.7. The number of fused-ring (bicyclic) bond motifs is 1. The third-order valence-corrected chi connectivity index (χ3v) is 7.55. The third kappa shape index (κ3) is 9.24. The Kier molecular flexibility index (Phi) is 11.6. The summed E-state index contributed by atoms with van der Waals surface area (Å²) in [5.74, 6) is 2.52. The van der Waals surface area contributed by atoms with E-state index in [1.165, 1.54) is 32.4 Å². The highest BCUT2D eigenvalue weighted by atomic mass is 16.2. The van der Waals surface area contributed by atoms with Crippen molar-refractivity contribution in [3.63, 3.8) is 0 Å². The van der Waals surface area contributed by atoms with Crippen LogP contribution in [0, 0.1) is 11.8 Å². The summed E-state index contributed by atoms with van der Waals surface area (Å²) in [6, 6.07) is 6.03. The first kappa shape index (κ1) is 29.3. The molecule has 1 fully saturated rings. The number of aromatic nitrogens is 2. The molecule has 0 aliphatic carbocycles. The van der Waals surface area contributed by atoms with Gasteiger partial charge in [0.2, 0.25) is 0 Å². The second-order valence-electron chi connectivity index (χ2n) is 11.9. The highest BCUT2D eigenvalue weighted by molar-refractivity contribution is 5.97. The first-order chi connectivity index (χ1) is 17.7. The van der Waals surface area contributed by atoms with Crippen LogP contribution in [0.1, 0.15) is 102 Å². The van der Waals surface area contributed by atoms with Gasteiger partial charge in [-0.15, -0.1) is 0 Å². The molecular weight excluding hydrogens is 460 g/mol. The number of ketones is 1. The van der Waals surface area contributed by atoms with Crippen LogP contribution in [0.25, 0.3) is 11.0 Å². The highest BCUT2D eigenvalue weighted by Crippen LogP contribution is 2.22. The number of hydrogen-bond donors (Lipinski definition) is 0. The van der Waals surface area contributed by atoms with Gasteiger partial charge in [-0.05, 0) is 95.1 Å². The van der Waals surface area contributed by atoms with Gasteiger partial charge in [0.25, 0.3) is 5.91 Å². The van der Waals surface area contributed by atoms with E-state index in [1.807, 2.05) is 17.0 Å². The molecule has 2 aromatic rings. The topological polar surface area (TPSA) is 58.4 Å². The summed E-state index contributed by atoms with van der Waals surface area (Å²) >= 11 is 0. The maximum atomic E-state index is 13.7. The minimum atomic E-state index is 0.127. The summed E-state index contributed by atoms with van der Waals surface area (Å²) in [5.41, 5.74) is 2.76. The Morgan fingerprint density at radius 1 is 0.946 bits per heavy atom. The predicted molar refractivity (Wildman–Crippen MR) is 153 cm³/mol. The largest absolute Gasteiger partial charge is 0.339 e. The van der Waals surface area contributed by atoms with Gasteiger partial charge in [0.05, 0.1) is 11.0 Å². The van der Waals surface area contributed by atoms with E-state index < -0.39 is 0 Å². The monoisotopic (exact) mass is 510 g/mol. The van der Waals surface area contributed by atoms with Gasteiger partial charge in [-0.25, -0.2) is 4.98 Å². The smallest absolute Gasteiger partial charge is 0.253 e. The number of hydrogen-bond acceptors (Lipinski definition) is 4. The first-order valence-electron chi connectivity index (χ1n) is 14.7. The summed E-state index contributed by atoms with van der Waals surface area (Å²) < 4.78 is 2.32. The van der Waals surface area contributed by atoms with Crippen molar-refractivity contribution in [2.45, 2.75) is 99.0 Å². The van der Waals surface area contributed by atoms with Gasteiger partial charge in [-0.2, -0.15) is 0 Å². The molecule has 1 aliphatic heterocycles. The summed E-state index contributed by atoms with van der Waals surface area (Å²) in [6.07, 6.45) is 9.25. The molecule has 1 aromatic heterocycles. The van der Waals surface area contributed by atoms with Gasteiger partial charge in [0.15, 0.2) is 0 Å². The number of aryl methyl sites for hydroxylation is 2. The van der Waals surface area contributed by atoms with Gasteiger partial charge in [0, 0.05) is 38.0 Å². The molecule has 0 bridgehead atoms. The molecule has 0 saturated carbocycles. The number of carbonyl (C=O) groups excluding carboxylic acids is 2. The summed E-state index contributed by atoms with van der Waals surface area (Å²) in [6.45, 7) is 16.5. The van der Waals surface area contributed by atoms with Crippen LogP contribution in [-0.2, 0) is 17.8 Å². The second-order valence-corrected chi connectivity index (χ2v) is 11.9. The molecule has 1 aliphatic rings. The molecule has 1 saturated heterocycles. The maximum Gasteiger partial charge on any atom is 0.253 e. The van der Waals surface area contributed by atoms with E-state index in [0.717, 1.165) is 80.7 Å². The third-order valence-electron chi connectivity index (χ3n) is 7.55. The molecule has 37 heavy (non-hydrogen) atoms. The van der Waals surface area contributed by atoms with Gasteiger partial charge in [-0.3, -0.25) is 4.79 Å². The Morgan fingerprint density at radius 2 is 1.62 bits per heavy atom. The number of benzene rings is 1. The normalized spacial score (nSPS) is 14.7. The number of carbonyl (C=O) groups is 2. The van der Waals surface area contributed by atoms with Crippen molar-refractivity contribution < 1.29 is 9.59 Å². The lowest BCUT2D eigenvalue weighted by Crippen LogP contribution is -2.34. The molecule has 6 heteroatoms. The SMILES string of the molecule is CC(=O)CCCc1nc2ccc(C(=O)N(CCC(C)C)CCC(C)C)cc2n1CCCN1CCCCC1. The molecule has 3 rings (SSSR count). The van der Waals surface area contributed by atoms with E-state index in [4.69, 9.17) is 4.98 Å². The number of imidazole rings is 1. The van der Waals surface area contributed by atoms with Crippen molar-refractivity contribution in [1.29, 1.82) is 0 Å². The molecular formula is C31H50N4O2. The van der Waals surface area contributed by atoms with Crippen molar-refractivity contribution in [3.05, 3.63) is 29.6 Å². The van der Waals surface area contributed by atoms with Gasteiger partial charge < -0.3 is 19.2 Å². The summed E-state index contributed by atoms with van der Waals surface area (Å²) in [7, 11) is 0. The summed E-state index contributed by atoms with van der Waals surface area (Å²) in [5, 5.41) is 0. The van der Waals surface area contributed by atoms with E-state index in [0.29, 0.717) is 18.3 Å². The summed E-state index contributed by atoms with van der Waals surface area (Å²) in [4.78, 5) is 34.8. The van der Waals surface area contributed by atoms with Crippen LogP contribution in [-0.4, -0.2) is 63.8 Å². The van der Waals surface area contributed by atoms with Crippen molar-refractivity contribution in [1.82, 2.24) is 19.4 Å². The minimum Gasteiger partial charge on any atom is -0.339 e.